The van der Waals surface area contributed by atoms with Gasteiger partial charge in [-0.25, -0.2) is 14.6 Å². The summed E-state index contributed by atoms with van der Waals surface area (Å²) in [5.41, 5.74) is 11.0. The summed E-state index contributed by atoms with van der Waals surface area (Å²) >= 11 is 0. The van der Waals surface area contributed by atoms with Crippen LogP contribution in [0.2, 0.25) is 0 Å². The first kappa shape index (κ1) is 35.3. The Hall–Kier alpha value is -2.69. The number of carboxylic acid groups (broad SMARTS) is 1. The van der Waals surface area contributed by atoms with Crippen LogP contribution in [0.25, 0.3) is 0 Å². The number of likely N-dealkylation sites (N-methyl/N-ethyl adjacent to an activating group) is 1. The molecule has 0 saturated heterocycles. The number of hydrogen-bond donors (Lipinski definition) is 5. The van der Waals surface area contributed by atoms with Crippen LogP contribution in [0.3, 0.4) is 0 Å². The predicted molar refractivity (Wildman–Crippen MR) is 144 cm³/mol. The van der Waals surface area contributed by atoms with Crippen molar-refractivity contribution in [2.75, 3.05) is 72.6 Å². The maximum atomic E-state index is 12.9. The molecule has 15 heteroatoms. The number of amides is 1. The Labute approximate surface area is 235 Å². The zero-order chi connectivity index (χ0) is 29.9. The molecule has 0 radical (unpaired) electrons. The number of rotatable bonds is 21. The minimum Gasteiger partial charge on any atom is -0.479 e. The molecule has 0 spiro atoms. The minimum atomic E-state index is -1.57. The summed E-state index contributed by atoms with van der Waals surface area (Å²) in [5.74, 6) is -2.77. The van der Waals surface area contributed by atoms with E-state index in [1.54, 1.807) is 13.8 Å². The number of ether oxygens (including phenoxy) is 6. The molecule has 0 unspecified atom stereocenters. The molecule has 7 N–H and O–H groups in total. The molecule has 0 saturated carbocycles. The van der Waals surface area contributed by atoms with Gasteiger partial charge in [-0.05, 0) is 19.4 Å². The summed E-state index contributed by atoms with van der Waals surface area (Å²) < 4.78 is 32.7. The maximum absolute atomic E-state index is 12.9. The Morgan fingerprint density at radius 3 is 2.05 bits per heavy atom. The maximum Gasteiger partial charge on any atom is 0.410 e. The summed E-state index contributed by atoms with van der Waals surface area (Å²) in [6.07, 6.45) is -2.77. The van der Waals surface area contributed by atoms with Gasteiger partial charge in [-0.3, -0.25) is 0 Å². The standard InChI is InChI=1S/C25H46N4O11/c1-4-7-35-9-11-37-13-14-38-12-10-36-8-6-29(5-2)25(34)40-22(19(31)16-30)21-17(3)18(28-24(26)27)15-20(39-21)23(32)33/h15,17-19,21-22,30-31H,4-14,16H2,1-3H3,(H,32,33)(H4,26,27,28)/t17-,18+,19+,21-,22+/m0/s1. The van der Waals surface area contributed by atoms with E-state index in [1.807, 2.05) is 6.92 Å². The molecule has 15 nitrogen and oxygen atoms in total. The van der Waals surface area contributed by atoms with Crippen molar-refractivity contribution in [1.82, 2.24) is 4.90 Å². The number of aliphatic carboxylic acids is 1. The Balaban J connectivity index is 2.57. The number of carbonyl (C=O) groups excluding carboxylic acids is 1. The second-order valence-electron chi connectivity index (χ2n) is 8.95. The first-order valence-corrected chi connectivity index (χ1v) is 13.4. The van der Waals surface area contributed by atoms with E-state index in [4.69, 9.17) is 39.9 Å². The first-order valence-electron chi connectivity index (χ1n) is 13.4. The monoisotopic (exact) mass is 578 g/mol. The lowest BCUT2D eigenvalue weighted by atomic mass is 9.87. The Kier molecular flexibility index (Phi) is 17.9. The summed E-state index contributed by atoms with van der Waals surface area (Å²) in [6.45, 7) is 8.60. The van der Waals surface area contributed by atoms with Crippen molar-refractivity contribution in [3.63, 3.8) is 0 Å². The second kappa shape index (κ2) is 20.2. The molecule has 1 rings (SSSR count). The molecule has 0 aromatic heterocycles. The Bertz CT molecular complexity index is 795. The van der Waals surface area contributed by atoms with Crippen molar-refractivity contribution in [2.45, 2.75) is 51.5 Å². The highest BCUT2D eigenvalue weighted by atomic mass is 16.6. The number of aliphatic imine (C=N–C) groups is 1. The molecule has 0 aromatic carbocycles. The van der Waals surface area contributed by atoms with Gasteiger partial charge in [-0.2, -0.15) is 0 Å². The topological polar surface area (TPSA) is 218 Å². The van der Waals surface area contributed by atoms with Gasteiger partial charge in [0, 0.05) is 25.6 Å². The van der Waals surface area contributed by atoms with Crippen LogP contribution >= 0.6 is 0 Å². The third-order valence-electron chi connectivity index (χ3n) is 5.89. The Morgan fingerprint density at radius 1 is 1.02 bits per heavy atom. The van der Waals surface area contributed by atoms with Gasteiger partial charge in [0.1, 0.15) is 12.2 Å². The summed E-state index contributed by atoms with van der Waals surface area (Å²) in [7, 11) is 0. The van der Waals surface area contributed by atoms with Gasteiger partial charge in [0.05, 0.1) is 58.9 Å². The number of carbonyl (C=O) groups is 2. The lowest BCUT2D eigenvalue weighted by Crippen LogP contribution is -2.53. The van der Waals surface area contributed by atoms with Crippen molar-refractivity contribution in [3.05, 3.63) is 11.8 Å². The van der Waals surface area contributed by atoms with E-state index < -0.39 is 54.7 Å². The average molecular weight is 579 g/mol. The van der Waals surface area contributed by atoms with Crippen molar-refractivity contribution >= 4 is 18.0 Å². The van der Waals surface area contributed by atoms with E-state index in [0.29, 0.717) is 39.6 Å². The summed E-state index contributed by atoms with van der Waals surface area (Å²) in [5, 5.41) is 29.5. The number of nitrogens with two attached hydrogens (primary N) is 2. The third kappa shape index (κ3) is 13.1. The molecule has 0 fully saturated rings. The smallest absolute Gasteiger partial charge is 0.410 e. The van der Waals surface area contributed by atoms with Crippen molar-refractivity contribution in [2.24, 2.45) is 22.4 Å². The van der Waals surface area contributed by atoms with E-state index >= 15 is 0 Å². The molecule has 5 atom stereocenters. The van der Waals surface area contributed by atoms with E-state index in [0.717, 1.165) is 13.0 Å². The van der Waals surface area contributed by atoms with Gasteiger partial charge in [-0.1, -0.05) is 13.8 Å². The quantitative estimate of drug-likeness (QED) is 0.0646. The number of carboxylic acids is 1. The third-order valence-corrected chi connectivity index (χ3v) is 5.89. The zero-order valence-electron chi connectivity index (χ0n) is 23.6. The molecule has 232 valence electrons. The van der Waals surface area contributed by atoms with Crippen molar-refractivity contribution < 1.29 is 53.3 Å². The average Bonchev–Trinajstić information content (AvgIpc) is 2.92. The van der Waals surface area contributed by atoms with Crippen molar-refractivity contribution in [1.29, 1.82) is 0 Å². The van der Waals surface area contributed by atoms with Crippen LogP contribution in [0.1, 0.15) is 27.2 Å². The fraction of sp³-hybridized carbons (Fsp3) is 0.800. The number of aliphatic hydroxyl groups excluding tert-OH is 2. The van der Waals surface area contributed by atoms with Gasteiger partial charge in [0.15, 0.2) is 12.1 Å². The molecule has 0 aliphatic carbocycles. The van der Waals surface area contributed by atoms with Crippen LogP contribution in [0.5, 0.6) is 0 Å². The van der Waals surface area contributed by atoms with Crippen LogP contribution in [0.4, 0.5) is 4.79 Å². The molecular weight excluding hydrogens is 532 g/mol. The Morgan fingerprint density at radius 2 is 1.57 bits per heavy atom. The van der Waals surface area contributed by atoms with Crippen LogP contribution in [0, 0.1) is 5.92 Å². The lowest BCUT2D eigenvalue weighted by Gasteiger charge is -2.39. The first-order chi connectivity index (χ1) is 19.2. The molecule has 1 aliphatic heterocycles. The predicted octanol–water partition coefficient (Wildman–Crippen LogP) is -0.711. The van der Waals surface area contributed by atoms with E-state index in [1.165, 1.54) is 11.0 Å². The second-order valence-corrected chi connectivity index (χ2v) is 8.95. The highest BCUT2D eigenvalue weighted by molar-refractivity contribution is 5.85. The zero-order valence-corrected chi connectivity index (χ0v) is 23.6. The molecule has 40 heavy (non-hydrogen) atoms. The van der Waals surface area contributed by atoms with Gasteiger partial charge in [0.2, 0.25) is 5.76 Å². The molecule has 0 bridgehead atoms. The van der Waals surface area contributed by atoms with E-state index in [-0.39, 0.29) is 25.7 Å². The summed E-state index contributed by atoms with van der Waals surface area (Å²) in [4.78, 5) is 29.9. The fourth-order valence-corrected chi connectivity index (χ4v) is 3.73. The number of nitrogens with zero attached hydrogens (tertiary/aromatic N) is 2. The number of aliphatic hydroxyl groups is 2. The van der Waals surface area contributed by atoms with Gasteiger partial charge in [0.25, 0.3) is 0 Å². The number of guanidine groups is 1. The van der Waals surface area contributed by atoms with Gasteiger partial charge < -0.3 is 60.1 Å². The van der Waals surface area contributed by atoms with Gasteiger partial charge >= 0.3 is 12.1 Å². The largest absolute Gasteiger partial charge is 0.479 e. The molecule has 0 aromatic rings. The molecule has 1 heterocycles. The fourth-order valence-electron chi connectivity index (χ4n) is 3.73. The van der Waals surface area contributed by atoms with Gasteiger partial charge in [-0.15, -0.1) is 0 Å². The van der Waals surface area contributed by atoms with Crippen LogP contribution in [0.15, 0.2) is 16.8 Å². The number of hydrogen-bond acceptors (Lipinski definition) is 11. The highest BCUT2D eigenvalue weighted by Crippen LogP contribution is 2.30. The lowest BCUT2D eigenvalue weighted by molar-refractivity contribution is -0.147. The molecule has 1 aliphatic rings. The SMILES string of the molecule is CCCOCCOCCOCCOCCN(CC)C(=O)O[C@@H]([C@H]1OC(C(=O)O)=C[C@@H](N=C(N)N)[C@@H]1C)[C@H](O)CO. The summed E-state index contributed by atoms with van der Waals surface area (Å²) in [6, 6.07) is -0.828. The molecule has 1 amide bonds. The van der Waals surface area contributed by atoms with Crippen LogP contribution in [-0.2, 0) is 33.2 Å². The normalized spacial score (nSPS) is 20.1. The van der Waals surface area contributed by atoms with E-state index in [2.05, 4.69) is 4.99 Å². The van der Waals surface area contributed by atoms with E-state index in [9.17, 15) is 24.9 Å². The molecular formula is C25H46N4O11. The van der Waals surface area contributed by atoms with Crippen LogP contribution < -0.4 is 11.5 Å². The van der Waals surface area contributed by atoms with Crippen molar-refractivity contribution in [3.8, 4) is 0 Å². The highest BCUT2D eigenvalue weighted by Gasteiger charge is 2.44. The minimum absolute atomic E-state index is 0.177. The van der Waals surface area contributed by atoms with Crippen LogP contribution in [-0.4, -0.2) is 135 Å².